The molecule has 4 nitrogen and oxygen atoms in total. The Morgan fingerprint density at radius 3 is 2.68 bits per heavy atom. The van der Waals surface area contributed by atoms with Crippen LogP contribution >= 0.6 is 0 Å². The number of diazo groups is 1. The monoisotopic (exact) mass is 270 g/mol. The molecular formula is C14H11ClN4. The van der Waals surface area contributed by atoms with Crippen LogP contribution in [0.15, 0.2) is 53.6 Å². The molecule has 0 saturated carbocycles. The van der Waals surface area contributed by atoms with Crippen LogP contribution in [0, 0.1) is 5.39 Å². The quantitative estimate of drug-likeness (QED) is 0.321. The summed E-state index contributed by atoms with van der Waals surface area (Å²) in [5.41, 5.74) is 3.34. The molecule has 0 bridgehead atoms. The lowest BCUT2D eigenvalue weighted by atomic mass is 10.1. The van der Waals surface area contributed by atoms with Crippen LogP contribution in [0.3, 0.4) is 0 Å². The number of para-hydroxylation sites is 1. The highest BCUT2D eigenvalue weighted by Gasteiger charge is 2.08. The van der Waals surface area contributed by atoms with Gasteiger partial charge in [0.1, 0.15) is 0 Å². The molecule has 1 aliphatic carbocycles. The smallest absolute Gasteiger partial charge is 0.339 e. The second kappa shape index (κ2) is 5.09. The summed E-state index contributed by atoms with van der Waals surface area (Å²) in [6.07, 6.45) is 0. The maximum atomic E-state index is 8.48. The Kier molecular flexibility index (Phi) is 3.50. The molecule has 2 aliphatic rings. The predicted molar refractivity (Wildman–Crippen MR) is 70.2 cm³/mol. The minimum atomic E-state index is 0. The van der Waals surface area contributed by atoms with Gasteiger partial charge in [0.2, 0.25) is 0 Å². The van der Waals surface area contributed by atoms with Gasteiger partial charge in [-0.2, -0.15) is 0 Å². The Labute approximate surface area is 116 Å². The molecule has 5 heteroatoms. The van der Waals surface area contributed by atoms with E-state index in [9.17, 15) is 0 Å². The molecule has 1 aromatic rings. The fourth-order valence-corrected chi connectivity index (χ4v) is 2.27. The number of halogens is 1. The molecule has 0 radical (unpaired) electrons. The maximum absolute atomic E-state index is 8.48. The summed E-state index contributed by atoms with van der Waals surface area (Å²) in [7, 11) is 2.02. The lowest BCUT2D eigenvalue weighted by Crippen LogP contribution is -3.00. The van der Waals surface area contributed by atoms with Crippen molar-refractivity contribution in [1.82, 2.24) is 4.57 Å². The van der Waals surface area contributed by atoms with Crippen LogP contribution in [0.4, 0.5) is 0 Å². The number of fused-ring (bicyclic) bond motifs is 2. The average Bonchev–Trinajstić information content (AvgIpc) is 2.40. The van der Waals surface area contributed by atoms with Gasteiger partial charge in [-0.1, -0.05) is 24.3 Å². The summed E-state index contributed by atoms with van der Waals surface area (Å²) in [4.78, 5) is 0. The summed E-state index contributed by atoms with van der Waals surface area (Å²) in [6.45, 7) is 0. The zero-order valence-corrected chi connectivity index (χ0v) is 11.0. The van der Waals surface area contributed by atoms with Crippen LogP contribution in [0.2, 0.25) is 0 Å². The van der Waals surface area contributed by atoms with Gasteiger partial charge in [0.05, 0.1) is 5.69 Å². The molecule has 0 spiro atoms. The van der Waals surface area contributed by atoms with Crippen molar-refractivity contribution in [3.05, 3.63) is 59.0 Å². The molecule has 0 N–H and O–H groups in total. The summed E-state index contributed by atoms with van der Waals surface area (Å²) >= 11 is 0. The normalized spacial score (nSPS) is 11.3. The van der Waals surface area contributed by atoms with Crippen LogP contribution in [0.1, 0.15) is 0 Å². The van der Waals surface area contributed by atoms with E-state index in [1.165, 1.54) is 5.39 Å². The number of aryl methyl sites for hydroxylation is 1. The molecule has 0 amide bonds. The van der Waals surface area contributed by atoms with Crippen molar-refractivity contribution < 1.29 is 12.4 Å². The van der Waals surface area contributed by atoms with Crippen LogP contribution in [-0.2, 0) is 7.05 Å². The Bertz CT molecular complexity index is 814. The molecule has 0 saturated heterocycles. The van der Waals surface area contributed by atoms with Crippen molar-refractivity contribution >= 4 is 10.9 Å². The largest absolute Gasteiger partial charge is 1.00 e. The minimum absolute atomic E-state index is 0. The van der Waals surface area contributed by atoms with Crippen LogP contribution in [-0.4, -0.2) is 4.57 Å². The minimum Gasteiger partial charge on any atom is -1.00 e. The molecule has 1 aliphatic heterocycles. The average molecular weight is 271 g/mol. The first-order chi connectivity index (χ1) is 8.79. The molecule has 0 fully saturated rings. The fraction of sp³-hybridized carbons (Fsp3) is 0.0714. The molecule has 0 atom stereocenters. The zero-order chi connectivity index (χ0) is 12.5. The lowest BCUT2D eigenvalue weighted by molar-refractivity contribution is -0.00000388. The predicted octanol–water partition coefficient (Wildman–Crippen LogP) is -0.0441. The van der Waals surface area contributed by atoms with Crippen molar-refractivity contribution in [2.45, 2.75) is 0 Å². The highest BCUT2D eigenvalue weighted by atomic mass is 35.5. The number of rotatable bonds is 0. The van der Waals surface area contributed by atoms with E-state index < -0.39 is 0 Å². The lowest BCUT2D eigenvalue weighted by Gasteiger charge is -2.14. The molecule has 3 rings (SSSR count). The van der Waals surface area contributed by atoms with Gasteiger partial charge in [-0.3, -0.25) is 0 Å². The third kappa shape index (κ3) is 2.16. The standard InChI is InChI=1S/C14H11N4.ClH/c1-18-13-5-3-2-4-10(13)8-11-6-7-12(16-17-15)9-14(11)18;/h2-9H,1H3;1H/q+1;/p-1. The van der Waals surface area contributed by atoms with Gasteiger partial charge in [0.15, 0.2) is 10.5 Å². The molecule has 1 heterocycles. The SMILES string of the molecule is Cn1c2cc(=N[N+]#N)ccc-2cc2ccccc21.[Cl-]. The van der Waals surface area contributed by atoms with Gasteiger partial charge < -0.3 is 17.0 Å². The van der Waals surface area contributed by atoms with Crippen molar-refractivity contribution in [2.75, 3.05) is 0 Å². The van der Waals surface area contributed by atoms with Crippen LogP contribution < -0.4 is 17.8 Å². The van der Waals surface area contributed by atoms with Crippen LogP contribution in [0.5, 0.6) is 0 Å². The van der Waals surface area contributed by atoms with E-state index in [1.54, 1.807) is 0 Å². The number of nitrogens with zero attached hydrogens (tertiary/aromatic N) is 4. The number of pyridine rings is 1. The van der Waals surface area contributed by atoms with Crippen molar-refractivity contribution in [3.63, 3.8) is 0 Å². The Hall–Kier alpha value is -2.38. The fourth-order valence-electron chi connectivity index (χ4n) is 2.27. The van der Waals surface area contributed by atoms with Gasteiger partial charge in [-0.25, -0.2) is 0 Å². The Balaban J connectivity index is 0.00000133. The van der Waals surface area contributed by atoms with E-state index in [0.717, 1.165) is 16.8 Å². The Morgan fingerprint density at radius 1 is 1.11 bits per heavy atom. The van der Waals surface area contributed by atoms with Crippen LogP contribution in [0.25, 0.3) is 27.2 Å². The summed E-state index contributed by atoms with van der Waals surface area (Å²) < 4.78 is 2.11. The van der Waals surface area contributed by atoms with Gasteiger partial charge in [0.25, 0.3) is 5.39 Å². The maximum Gasteiger partial charge on any atom is 0.339 e. The highest BCUT2D eigenvalue weighted by molar-refractivity contribution is 5.86. The number of aromatic nitrogens is 1. The molecular weight excluding hydrogens is 260 g/mol. The first-order valence-corrected chi connectivity index (χ1v) is 5.66. The summed E-state index contributed by atoms with van der Waals surface area (Å²) in [6, 6.07) is 16.1. The highest BCUT2D eigenvalue weighted by Crippen LogP contribution is 2.25. The molecule has 19 heavy (non-hydrogen) atoms. The number of hydrogen-bond donors (Lipinski definition) is 0. The van der Waals surface area contributed by atoms with Gasteiger partial charge in [-0.05, 0) is 35.2 Å². The van der Waals surface area contributed by atoms with Crippen molar-refractivity contribution in [1.29, 1.82) is 5.39 Å². The van der Waals surface area contributed by atoms with Gasteiger partial charge in [0, 0.05) is 12.6 Å². The van der Waals surface area contributed by atoms with E-state index in [2.05, 4.69) is 33.0 Å². The van der Waals surface area contributed by atoms with E-state index >= 15 is 0 Å². The van der Waals surface area contributed by atoms with E-state index in [4.69, 9.17) is 5.39 Å². The van der Waals surface area contributed by atoms with Crippen molar-refractivity contribution in [2.24, 2.45) is 12.1 Å². The first-order valence-electron chi connectivity index (χ1n) is 5.66. The van der Waals surface area contributed by atoms with Gasteiger partial charge >= 0.3 is 5.08 Å². The molecule has 1 aromatic carbocycles. The first kappa shape index (κ1) is 13.1. The third-order valence-electron chi connectivity index (χ3n) is 3.14. The third-order valence-corrected chi connectivity index (χ3v) is 3.14. The molecule has 94 valence electrons. The summed E-state index contributed by atoms with van der Waals surface area (Å²) in [5.74, 6) is 0. The second-order valence-corrected chi connectivity index (χ2v) is 4.19. The van der Waals surface area contributed by atoms with E-state index in [0.29, 0.717) is 5.36 Å². The van der Waals surface area contributed by atoms with E-state index in [1.807, 2.05) is 37.4 Å². The second-order valence-electron chi connectivity index (χ2n) is 4.19. The molecule has 0 unspecified atom stereocenters. The molecule has 0 aromatic heterocycles. The van der Waals surface area contributed by atoms with E-state index in [-0.39, 0.29) is 12.4 Å². The van der Waals surface area contributed by atoms with Gasteiger partial charge in [-0.15, -0.1) is 0 Å². The van der Waals surface area contributed by atoms with Crippen molar-refractivity contribution in [3.8, 4) is 11.3 Å². The summed E-state index contributed by atoms with van der Waals surface area (Å²) in [5, 5.41) is 16.8. The number of benzene rings is 2. The number of hydrogen-bond acceptors (Lipinski definition) is 2. The Morgan fingerprint density at radius 2 is 1.89 bits per heavy atom. The zero-order valence-electron chi connectivity index (χ0n) is 10.3. The topological polar surface area (TPSA) is 45.4 Å².